The summed E-state index contributed by atoms with van der Waals surface area (Å²) in [5.41, 5.74) is 5.36. The maximum absolute atomic E-state index is 12.9. The van der Waals surface area contributed by atoms with Gasteiger partial charge in [0.1, 0.15) is 11.9 Å². The number of carboxylic acids is 1. The van der Waals surface area contributed by atoms with E-state index in [1.54, 1.807) is 6.07 Å². The lowest BCUT2D eigenvalue weighted by atomic mass is 10.1. The number of nitrogens with two attached hydrogens (primary N) is 1. The Balaban J connectivity index is 2.57. The van der Waals surface area contributed by atoms with Gasteiger partial charge >= 0.3 is 5.97 Å². The molecule has 0 fully saturated rings. The van der Waals surface area contributed by atoms with Gasteiger partial charge in [-0.05, 0) is 24.1 Å². The van der Waals surface area contributed by atoms with E-state index in [0.717, 1.165) is 0 Å². The van der Waals surface area contributed by atoms with E-state index >= 15 is 0 Å². The van der Waals surface area contributed by atoms with E-state index in [1.165, 1.54) is 18.2 Å². The first-order valence-corrected chi connectivity index (χ1v) is 5.93. The molecular formula is C13H15FN2O4. The van der Waals surface area contributed by atoms with Gasteiger partial charge in [-0.15, -0.1) is 0 Å². The molecule has 0 aliphatic rings. The molecule has 0 saturated heterocycles. The number of carboxylic acid groups (broad SMARTS) is 1. The summed E-state index contributed by atoms with van der Waals surface area (Å²) < 4.78 is 12.9. The Labute approximate surface area is 114 Å². The maximum atomic E-state index is 12.9. The van der Waals surface area contributed by atoms with E-state index in [2.05, 4.69) is 5.32 Å². The molecule has 0 aliphatic heterocycles. The van der Waals surface area contributed by atoms with E-state index in [9.17, 15) is 18.8 Å². The number of aliphatic carboxylic acids is 1. The number of nitrogens with one attached hydrogen (secondary N) is 1. The summed E-state index contributed by atoms with van der Waals surface area (Å²) in [6.07, 6.45) is -0.366. The Morgan fingerprint density at radius 1 is 1.35 bits per heavy atom. The SMILES string of the molecule is NC(=O)CCC(NC(=O)Cc1cccc(F)c1)C(=O)O. The third-order valence-corrected chi connectivity index (χ3v) is 2.57. The molecule has 0 radical (unpaired) electrons. The van der Waals surface area contributed by atoms with Crippen LogP contribution in [0.1, 0.15) is 18.4 Å². The minimum absolute atomic E-state index is 0.0838. The Morgan fingerprint density at radius 2 is 2.05 bits per heavy atom. The van der Waals surface area contributed by atoms with Crippen molar-refractivity contribution in [1.29, 1.82) is 0 Å². The van der Waals surface area contributed by atoms with Crippen LogP contribution in [0.2, 0.25) is 0 Å². The number of hydrogen-bond donors (Lipinski definition) is 3. The van der Waals surface area contributed by atoms with Crippen LogP contribution < -0.4 is 11.1 Å². The summed E-state index contributed by atoms with van der Waals surface area (Å²) in [4.78, 5) is 33.2. The average molecular weight is 282 g/mol. The van der Waals surface area contributed by atoms with Crippen LogP contribution in [0.3, 0.4) is 0 Å². The highest BCUT2D eigenvalue weighted by atomic mass is 19.1. The van der Waals surface area contributed by atoms with Crippen molar-refractivity contribution in [3.8, 4) is 0 Å². The van der Waals surface area contributed by atoms with Crippen LogP contribution in [0.25, 0.3) is 0 Å². The third-order valence-electron chi connectivity index (χ3n) is 2.57. The molecule has 7 heteroatoms. The molecule has 1 aromatic carbocycles. The first kappa shape index (κ1) is 15.6. The zero-order chi connectivity index (χ0) is 15.1. The second-order valence-corrected chi connectivity index (χ2v) is 4.27. The van der Waals surface area contributed by atoms with Crippen LogP contribution in [0.15, 0.2) is 24.3 Å². The van der Waals surface area contributed by atoms with Crippen molar-refractivity contribution in [3.05, 3.63) is 35.6 Å². The Morgan fingerprint density at radius 3 is 2.60 bits per heavy atom. The Kier molecular flexibility index (Phi) is 5.64. The third kappa shape index (κ3) is 5.47. The lowest BCUT2D eigenvalue weighted by Crippen LogP contribution is -2.42. The lowest BCUT2D eigenvalue weighted by molar-refractivity contribution is -0.142. The van der Waals surface area contributed by atoms with Crippen molar-refractivity contribution in [2.45, 2.75) is 25.3 Å². The van der Waals surface area contributed by atoms with Crippen LogP contribution >= 0.6 is 0 Å². The smallest absolute Gasteiger partial charge is 0.326 e. The van der Waals surface area contributed by atoms with Crippen LogP contribution in [0, 0.1) is 5.82 Å². The molecule has 108 valence electrons. The molecule has 4 N–H and O–H groups in total. The number of primary amides is 1. The number of amides is 2. The largest absolute Gasteiger partial charge is 0.480 e. The van der Waals surface area contributed by atoms with Crippen LogP contribution in [0.5, 0.6) is 0 Å². The van der Waals surface area contributed by atoms with Crippen molar-refractivity contribution in [2.75, 3.05) is 0 Å². The number of halogens is 1. The van der Waals surface area contributed by atoms with E-state index < -0.39 is 29.6 Å². The monoisotopic (exact) mass is 282 g/mol. The van der Waals surface area contributed by atoms with Crippen molar-refractivity contribution >= 4 is 17.8 Å². The molecule has 0 bridgehead atoms. The maximum Gasteiger partial charge on any atom is 0.326 e. The van der Waals surface area contributed by atoms with E-state index in [1.807, 2.05) is 0 Å². The Hall–Kier alpha value is -2.44. The van der Waals surface area contributed by atoms with Gasteiger partial charge in [0.2, 0.25) is 11.8 Å². The Bertz CT molecular complexity index is 519. The molecule has 2 amide bonds. The highest BCUT2D eigenvalue weighted by molar-refractivity contribution is 5.85. The van der Waals surface area contributed by atoms with Crippen molar-refractivity contribution in [2.24, 2.45) is 5.73 Å². The van der Waals surface area contributed by atoms with Gasteiger partial charge in [0.25, 0.3) is 0 Å². The van der Waals surface area contributed by atoms with Gasteiger partial charge < -0.3 is 16.2 Å². The van der Waals surface area contributed by atoms with Crippen LogP contribution in [0.4, 0.5) is 4.39 Å². The quantitative estimate of drug-likeness (QED) is 0.663. The van der Waals surface area contributed by atoms with Gasteiger partial charge in [-0.1, -0.05) is 12.1 Å². The molecule has 20 heavy (non-hydrogen) atoms. The molecule has 1 aromatic rings. The average Bonchev–Trinajstić information content (AvgIpc) is 2.33. The predicted octanol–water partition coefficient (Wildman–Crippen LogP) is 0.203. The number of hydrogen-bond acceptors (Lipinski definition) is 3. The summed E-state index contributed by atoms with van der Waals surface area (Å²) in [7, 11) is 0. The first-order chi connectivity index (χ1) is 9.38. The normalized spacial score (nSPS) is 11.7. The van der Waals surface area contributed by atoms with Gasteiger partial charge in [-0.25, -0.2) is 9.18 Å². The molecule has 6 nitrogen and oxygen atoms in total. The van der Waals surface area contributed by atoms with E-state index in [0.29, 0.717) is 5.56 Å². The summed E-state index contributed by atoms with van der Waals surface area (Å²) in [5.74, 6) is -2.93. The molecule has 0 spiro atoms. The van der Waals surface area contributed by atoms with Crippen molar-refractivity contribution < 1.29 is 23.9 Å². The minimum Gasteiger partial charge on any atom is -0.480 e. The molecule has 0 aliphatic carbocycles. The summed E-state index contributed by atoms with van der Waals surface area (Å²) in [6.45, 7) is 0. The zero-order valence-corrected chi connectivity index (χ0v) is 10.6. The van der Waals surface area contributed by atoms with Gasteiger partial charge in [-0.3, -0.25) is 9.59 Å². The minimum atomic E-state index is -1.25. The fourth-order valence-electron chi connectivity index (χ4n) is 1.62. The van der Waals surface area contributed by atoms with Crippen molar-refractivity contribution in [3.63, 3.8) is 0 Å². The molecule has 0 saturated carbocycles. The molecule has 1 atom stereocenters. The van der Waals surface area contributed by atoms with Gasteiger partial charge in [0, 0.05) is 6.42 Å². The van der Waals surface area contributed by atoms with Gasteiger partial charge in [0.05, 0.1) is 6.42 Å². The highest BCUT2D eigenvalue weighted by Gasteiger charge is 2.20. The first-order valence-electron chi connectivity index (χ1n) is 5.93. The molecule has 0 heterocycles. The second kappa shape index (κ2) is 7.22. The predicted molar refractivity (Wildman–Crippen MR) is 68.1 cm³/mol. The number of rotatable bonds is 7. The standard InChI is InChI=1S/C13H15FN2O4/c14-9-3-1-2-8(6-9)7-12(18)16-10(13(19)20)4-5-11(15)17/h1-3,6,10H,4-5,7H2,(H2,15,17)(H,16,18)(H,19,20). The number of benzene rings is 1. The fraction of sp³-hybridized carbons (Fsp3) is 0.308. The van der Waals surface area contributed by atoms with Crippen molar-refractivity contribution in [1.82, 2.24) is 5.32 Å². The van der Waals surface area contributed by atoms with Crippen LogP contribution in [-0.4, -0.2) is 28.9 Å². The fourth-order valence-corrected chi connectivity index (χ4v) is 1.62. The summed E-state index contributed by atoms with van der Waals surface area (Å²) >= 11 is 0. The van der Waals surface area contributed by atoms with E-state index in [-0.39, 0.29) is 19.3 Å². The molecule has 0 aromatic heterocycles. The van der Waals surface area contributed by atoms with Gasteiger partial charge in [-0.2, -0.15) is 0 Å². The summed E-state index contributed by atoms with van der Waals surface area (Å²) in [6, 6.07) is 4.26. The zero-order valence-electron chi connectivity index (χ0n) is 10.6. The van der Waals surface area contributed by atoms with Gasteiger partial charge in [0.15, 0.2) is 0 Å². The summed E-state index contributed by atoms with van der Waals surface area (Å²) in [5, 5.41) is 11.2. The number of carbonyl (C=O) groups excluding carboxylic acids is 2. The molecular weight excluding hydrogens is 267 g/mol. The topological polar surface area (TPSA) is 109 Å². The van der Waals surface area contributed by atoms with Crippen LogP contribution in [-0.2, 0) is 20.8 Å². The molecule has 1 unspecified atom stereocenters. The second-order valence-electron chi connectivity index (χ2n) is 4.27. The number of carbonyl (C=O) groups is 3. The highest BCUT2D eigenvalue weighted by Crippen LogP contribution is 2.05. The van der Waals surface area contributed by atoms with E-state index in [4.69, 9.17) is 10.8 Å². The lowest BCUT2D eigenvalue weighted by Gasteiger charge is -2.13. The molecule has 1 rings (SSSR count).